The van der Waals surface area contributed by atoms with Crippen molar-refractivity contribution < 1.29 is 0 Å². The van der Waals surface area contributed by atoms with Crippen molar-refractivity contribution in [2.75, 3.05) is 0 Å². The molecule has 1 heterocycles. The van der Waals surface area contributed by atoms with Crippen molar-refractivity contribution in [1.29, 1.82) is 0 Å². The second kappa shape index (κ2) is 4.28. The van der Waals surface area contributed by atoms with Crippen LogP contribution in [-0.4, -0.2) is 0 Å². The minimum Gasteiger partial charge on any atom is -0.145 e. The first-order valence-corrected chi connectivity index (χ1v) is 5.95. The molecular weight excluding hydrogens is 176 g/mol. The molecule has 0 aliphatic rings. The van der Waals surface area contributed by atoms with E-state index in [1.165, 1.54) is 24.1 Å². The Morgan fingerprint density at radius 2 is 1.92 bits per heavy atom. The van der Waals surface area contributed by atoms with Crippen molar-refractivity contribution in [2.45, 2.75) is 52.4 Å². The highest BCUT2D eigenvalue weighted by Crippen LogP contribution is 2.29. The monoisotopic (exact) mass is 196 g/mol. The average molecular weight is 196 g/mol. The SMILES string of the molecule is CCCCc1ccc(C(C)(C)C)s1. The molecule has 0 atom stereocenters. The number of thiophene rings is 1. The van der Waals surface area contributed by atoms with Crippen molar-refractivity contribution in [3.63, 3.8) is 0 Å². The predicted octanol–water partition coefficient (Wildman–Crippen LogP) is 4.39. The Balaban J connectivity index is 2.64. The normalized spacial score (nSPS) is 12.0. The molecule has 0 nitrogen and oxygen atoms in total. The van der Waals surface area contributed by atoms with Gasteiger partial charge in [-0.05, 0) is 30.4 Å². The molecule has 1 heteroatoms. The molecule has 0 bridgehead atoms. The highest BCUT2D eigenvalue weighted by Gasteiger charge is 2.15. The number of aryl methyl sites for hydroxylation is 1. The van der Waals surface area contributed by atoms with Gasteiger partial charge in [-0.25, -0.2) is 0 Å². The van der Waals surface area contributed by atoms with Gasteiger partial charge in [0.05, 0.1) is 0 Å². The molecule has 0 radical (unpaired) electrons. The van der Waals surface area contributed by atoms with E-state index in [4.69, 9.17) is 0 Å². The van der Waals surface area contributed by atoms with Gasteiger partial charge in [0, 0.05) is 9.75 Å². The van der Waals surface area contributed by atoms with Crippen LogP contribution in [-0.2, 0) is 11.8 Å². The van der Waals surface area contributed by atoms with Crippen LogP contribution in [0.1, 0.15) is 50.3 Å². The smallest absolute Gasteiger partial charge is 0.0102 e. The first-order valence-electron chi connectivity index (χ1n) is 5.13. The molecule has 0 fully saturated rings. The Labute approximate surface area is 86.0 Å². The second-order valence-electron chi connectivity index (χ2n) is 4.62. The molecule has 0 saturated heterocycles. The highest BCUT2D eigenvalue weighted by molar-refractivity contribution is 7.12. The molecule has 0 spiro atoms. The Kier molecular flexibility index (Phi) is 3.55. The lowest BCUT2D eigenvalue weighted by Gasteiger charge is -2.15. The summed E-state index contributed by atoms with van der Waals surface area (Å²) in [6.07, 6.45) is 3.88. The molecule has 0 saturated carbocycles. The third kappa shape index (κ3) is 3.15. The Morgan fingerprint density at radius 3 is 2.38 bits per heavy atom. The summed E-state index contributed by atoms with van der Waals surface area (Å²) >= 11 is 1.98. The zero-order valence-corrected chi connectivity index (χ0v) is 10.0. The fourth-order valence-electron chi connectivity index (χ4n) is 1.27. The van der Waals surface area contributed by atoms with Crippen LogP contribution >= 0.6 is 11.3 Å². The van der Waals surface area contributed by atoms with Crippen LogP contribution in [0.2, 0.25) is 0 Å². The summed E-state index contributed by atoms with van der Waals surface area (Å²) < 4.78 is 0. The quantitative estimate of drug-likeness (QED) is 0.672. The van der Waals surface area contributed by atoms with Crippen LogP contribution in [0.25, 0.3) is 0 Å². The first kappa shape index (κ1) is 10.8. The summed E-state index contributed by atoms with van der Waals surface area (Å²) in [5.74, 6) is 0. The summed E-state index contributed by atoms with van der Waals surface area (Å²) in [4.78, 5) is 3.06. The maximum absolute atomic E-state index is 2.29. The van der Waals surface area contributed by atoms with E-state index in [0.29, 0.717) is 5.41 Å². The number of hydrogen-bond donors (Lipinski definition) is 0. The topological polar surface area (TPSA) is 0 Å². The van der Waals surface area contributed by atoms with Crippen LogP contribution in [0.4, 0.5) is 0 Å². The van der Waals surface area contributed by atoms with E-state index < -0.39 is 0 Å². The molecule has 1 aromatic heterocycles. The molecule has 0 aliphatic heterocycles. The Morgan fingerprint density at radius 1 is 1.23 bits per heavy atom. The van der Waals surface area contributed by atoms with Gasteiger partial charge >= 0.3 is 0 Å². The van der Waals surface area contributed by atoms with E-state index in [-0.39, 0.29) is 0 Å². The van der Waals surface area contributed by atoms with Gasteiger partial charge in [-0.3, -0.25) is 0 Å². The lowest BCUT2D eigenvalue weighted by molar-refractivity contribution is 0.604. The molecule has 0 aromatic carbocycles. The van der Waals surface area contributed by atoms with Crippen LogP contribution < -0.4 is 0 Å². The third-order valence-electron chi connectivity index (χ3n) is 2.18. The van der Waals surface area contributed by atoms with Gasteiger partial charge in [-0.2, -0.15) is 0 Å². The van der Waals surface area contributed by atoms with Gasteiger partial charge in [0.15, 0.2) is 0 Å². The number of unbranched alkanes of at least 4 members (excludes halogenated alkanes) is 1. The maximum Gasteiger partial charge on any atom is 0.0102 e. The van der Waals surface area contributed by atoms with E-state index in [1.807, 2.05) is 11.3 Å². The Hall–Kier alpha value is -0.300. The molecule has 0 N–H and O–H groups in total. The molecule has 13 heavy (non-hydrogen) atoms. The molecule has 1 rings (SSSR count). The van der Waals surface area contributed by atoms with Gasteiger partial charge < -0.3 is 0 Å². The number of rotatable bonds is 3. The van der Waals surface area contributed by atoms with Crippen LogP contribution in [0.5, 0.6) is 0 Å². The van der Waals surface area contributed by atoms with Gasteiger partial charge in [0.25, 0.3) is 0 Å². The average Bonchev–Trinajstić information content (AvgIpc) is 2.47. The summed E-state index contributed by atoms with van der Waals surface area (Å²) in [6.45, 7) is 9.09. The van der Waals surface area contributed by atoms with Gasteiger partial charge in [0.1, 0.15) is 0 Å². The standard InChI is InChI=1S/C12H20S/c1-5-6-7-10-8-9-11(13-10)12(2,3)4/h8-9H,5-7H2,1-4H3. The second-order valence-corrected chi connectivity index (χ2v) is 5.79. The van der Waals surface area contributed by atoms with Crippen molar-refractivity contribution in [3.8, 4) is 0 Å². The molecular formula is C12H20S. The molecule has 1 aromatic rings. The fraction of sp³-hybridized carbons (Fsp3) is 0.667. The third-order valence-corrected chi connectivity index (χ3v) is 3.75. The minimum absolute atomic E-state index is 0.329. The Bertz CT molecular complexity index is 252. The highest BCUT2D eigenvalue weighted by atomic mass is 32.1. The van der Waals surface area contributed by atoms with Crippen LogP contribution in [0.15, 0.2) is 12.1 Å². The molecule has 74 valence electrons. The van der Waals surface area contributed by atoms with Gasteiger partial charge in [-0.15, -0.1) is 11.3 Å². The lowest BCUT2D eigenvalue weighted by atomic mass is 9.95. The van der Waals surface area contributed by atoms with Crippen molar-refractivity contribution in [1.82, 2.24) is 0 Å². The fourth-order valence-corrected chi connectivity index (χ4v) is 2.37. The van der Waals surface area contributed by atoms with Crippen molar-refractivity contribution >= 4 is 11.3 Å². The van der Waals surface area contributed by atoms with Gasteiger partial charge in [-0.1, -0.05) is 34.1 Å². The van der Waals surface area contributed by atoms with Gasteiger partial charge in [0.2, 0.25) is 0 Å². The zero-order valence-electron chi connectivity index (χ0n) is 9.18. The van der Waals surface area contributed by atoms with E-state index in [0.717, 1.165) is 0 Å². The maximum atomic E-state index is 2.29. The van der Waals surface area contributed by atoms with E-state index in [9.17, 15) is 0 Å². The molecule has 0 unspecified atom stereocenters. The van der Waals surface area contributed by atoms with E-state index in [1.54, 1.807) is 4.88 Å². The zero-order chi connectivity index (χ0) is 9.90. The van der Waals surface area contributed by atoms with Crippen molar-refractivity contribution in [3.05, 3.63) is 21.9 Å². The lowest BCUT2D eigenvalue weighted by Crippen LogP contribution is -2.07. The summed E-state index contributed by atoms with van der Waals surface area (Å²) in [5.41, 5.74) is 0.329. The summed E-state index contributed by atoms with van der Waals surface area (Å²) in [6, 6.07) is 4.58. The van der Waals surface area contributed by atoms with Crippen molar-refractivity contribution in [2.24, 2.45) is 0 Å². The summed E-state index contributed by atoms with van der Waals surface area (Å²) in [5, 5.41) is 0. The van der Waals surface area contributed by atoms with Crippen LogP contribution in [0.3, 0.4) is 0 Å². The number of hydrogen-bond acceptors (Lipinski definition) is 1. The summed E-state index contributed by atoms with van der Waals surface area (Å²) in [7, 11) is 0. The van der Waals surface area contributed by atoms with E-state index >= 15 is 0 Å². The molecule has 0 amide bonds. The largest absolute Gasteiger partial charge is 0.145 e. The predicted molar refractivity (Wildman–Crippen MR) is 61.6 cm³/mol. The molecule has 0 aliphatic carbocycles. The van der Waals surface area contributed by atoms with Crippen LogP contribution in [0, 0.1) is 0 Å². The van der Waals surface area contributed by atoms with E-state index in [2.05, 4.69) is 39.8 Å². The first-order chi connectivity index (χ1) is 6.04. The minimum atomic E-state index is 0.329.